The van der Waals surface area contributed by atoms with Crippen LogP contribution in [0.2, 0.25) is 0 Å². The van der Waals surface area contributed by atoms with Crippen molar-refractivity contribution in [2.24, 2.45) is 0 Å². The molecule has 0 amide bonds. The SMILES string of the molecule is COC(=O)C1=C(C(=O)OC)C(c2coc3ccc(C)cc3c2=O)N(Cc2ccccc2)O1. The molecule has 1 aromatic heterocycles. The van der Waals surface area contributed by atoms with Gasteiger partial charge in [0.25, 0.3) is 0 Å². The van der Waals surface area contributed by atoms with Gasteiger partial charge in [0, 0.05) is 0 Å². The van der Waals surface area contributed by atoms with Crippen molar-refractivity contribution < 1.29 is 28.3 Å². The van der Waals surface area contributed by atoms with Gasteiger partial charge in [0.1, 0.15) is 23.5 Å². The lowest BCUT2D eigenvalue weighted by Crippen LogP contribution is -2.29. The molecule has 0 bridgehead atoms. The third kappa shape index (κ3) is 3.76. The van der Waals surface area contributed by atoms with Gasteiger partial charge in [-0.1, -0.05) is 42.0 Å². The number of benzene rings is 2. The van der Waals surface area contributed by atoms with Crippen molar-refractivity contribution in [3.8, 4) is 0 Å². The van der Waals surface area contributed by atoms with E-state index in [0.29, 0.717) is 11.0 Å². The highest BCUT2D eigenvalue weighted by molar-refractivity contribution is 6.00. The molecule has 32 heavy (non-hydrogen) atoms. The van der Waals surface area contributed by atoms with Crippen molar-refractivity contribution in [1.29, 1.82) is 0 Å². The van der Waals surface area contributed by atoms with Crippen LogP contribution in [0.25, 0.3) is 11.0 Å². The van der Waals surface area contributed by atoms with Gasteiger partial charge in [0.05, 0.1) is 31.7 Å². The Morgan fingerprint density at radius 2 is 1.75 bits per heavy atom. The van der Waals surface area contributed by atoms with Crippen LogP contribution < -0.4 is 5.43 Å². The van der Waals surface area contributed by atoms with E-state index in [0.717, 1.165) is 11.1 Å². The number of fused-ring (bicyclic) bond motifs is 1. The third-order valence-corrected chi connectivity index (χ3v) is 5.22. The maximum absolute atomic E-state index is 13.4. The number of rotatable bonds is 5. The molecule has 0 saturated heterocycles. The first-order valence-corrected chi connectivity index (χ1v) is 9.86. The molecule has 2 heterocycles. The van der Waals surface area contributed by atoms with Gasteiger partial charge in [-0.3, -0.25) is 4.79 Å². The molecule has 0 fully saturated rings. The van der Waals surface area contributed by atoms with E-state index >= 15 is 0 Å². The van der Waals surface area contributed by atoms with Crippen molar-refractivity contribution in [1.82, 2.24) is 5.06 Å². The molecule has 2 aromatic carbocycles. The molecule has 1 aliphatic rings. The van der Waals surface area contributed by atoms with Gasteiger partial charge in [-0.25, -0.2) is 9.59 Å². The van der Waals surface area contributed by atoms with Gasteiger partial charge >= 0.3 is 11.9 Å². The number of ether oxygens (including phenoxy) is 2. The fraction of sp³-hybridized carbons (Fsp3) is 0.208. The highest BCUT2D eigenvalue weighted by Gasteiger charge is 2.45. The lowest BCUT2D eigenvalue weighted by molar-refractivity contribution is -0.160. The molecule has 1 aliphatic heterocycles. The molecular formula is C24H21NO7. The molecule has 8 heteroatoms. The van der Waals surface area contributed by atoms with E-state index in [1.165, 1.54) is 25.5 Å². The van der Waals surface area contributed by atoms with Crippen molar-refractivity contribution in [3.63, 3.8) is 0 Å². The zero-order valence-corrected chi connectivity index (χ0v) is 17.8. The van der Waals surface area contributed by atoms with E-state index in [2.05, 4.69) is 0 Å². The molecule has 0 aliphatic carbocycles. The summed E-state index contributed by atoms with van der Waals surface area (Å²) >= 11 is 0. The van der Waals surface area contributed by atoms with Crippen LogP contribution >= 0.6 is 0 Å². The summed E-state index contributed by atoms with van der Waals surface area (Å²) in [6, 6.07) is 13.5. The van der Waals surface area contributed by atoms with Crippen molar-refractivity contribution in [3.05, 3.63) is 93.0 Å². The molecule has 0 saturated carbocycles. The second-order valence-corrected chi connectivity index (χ2v) is 7.30. The summed E-state index contributed by atoms with van der Waals surface area (Å²) in [7, 11) is 2.36. The second-order valence-electron chi connectivity index (χ2n) is 7.30. The molecule has 164 valence electrons. The lowest BCUT2D eigenvalue weighted by atomic mass is 9.97. The largest absolute Gasteiger partial charge is 0.465 e. The van der Waals surface area contributed by atoms with Crippen LogP contribution in [0, 0.1) is 6.92 Å². The quantitative estimate of drug-likeness (QED) is 0.564. The number of carbonyl (C=O) groups excluding carboxylic acids is 2. The minimum absolute atomic E-state index is 0.130. The number of methoxy groups -OCH3 is 2. The molecule has 0 radical (unpaired) electrons. The summed E-state index contributed by atoms with van der Waals surface area (Å²) in [6.07, 6.45) is 1.29. The Bertz CT molecular complexity index is 1280. The summed E-state index contributed by atoms with van der Waals surface area (Å²) in [5.41, 5.74) is 1.80. The molecule has 0 spiro atoms. The minimum atomic E-state index is -1.04. The van der Waals surface area contributed by atoms with E-state index in [1.807, 2.05) is 43.3 Å². The molecular weight excluding hydrogens is 414 g/mol. The highest BCUT2D eigenvalue weighted by atomic mass is 16.7. The van der Waals surface area contributed by atoms with E-state index < -0.39 is 18.0 Å². The summed E-state index contributed by atoms with van der Waals surface area (Å²) in [5.74, 6) is -1.99. The lowest BCUT2D eigenvalue weighted by Gasteiger charge is -2.23. The van der Waals surface area contributed by atoms with Gasteiger partial charge in [0.2, 0.25) is 5.76 Å². The zero-order chi connectivity index (χ0) is 22.8. The van der Waals surface area contributed by atoms with Crippen LogP contribution in [0.15, 0.2) is 75.3 Å². The number of hydrogen-bond donors (Lipinski definition) is 0. The normalized spacial score (nSPS) is 16.2. The predicted octanol–water partition coefficient (Wildman–Crippen LogP) is 3.19. The smallest absolute Gasteiger partial charge is 0.376 e. The maximum Gasteiger partial charge on any atom is 0.376 e. The van der Waals surface area contributed by atoms with Crippen LogP contribution in [0.3, 0.4) is 0 Å². The molecule has 1 unspecified atom stereocenters. The molecule has 4 rings (SSSR count). The van der Waals surface area contributed by atoms with Crippen molar-refractivity contribution in [2.45, 2.75) is 19.5 Å². The Labute approximate surface area is 183 Å². The van der Waals surface area contributed by atoms with Crippen LogP contribution in [0.5, 0.6) is 0 Å². The first-order valence-electron chi connectivity index (χ1n) is 9.86. The number of nitrogens with zero attached hydrogens (tertiary/aromatic N) is 1. The Kier molecular flexibility index (Phi) is 5.79. The van der Waals surface area contributed by atoms with Crippen molar-refractivity contribution >= 4 is 22.9 Å². The number of carbonyl (C=O) groups is 2. The first kappa shape index (κ1) is 21.3. The topological polar surface area (TPSA) is 95.3 Å². The van der Waals surface area contributed by atoms with Gasteiger partial charge in [-0.05, 0) is 24.6 Å². The van der Waals surface area contributed by atoms with Gasteiger partial charge in [0.15, 0.2) is 5.43 Å². The van der Waals surface area contributed by atoms with Gasteiger partial charge in [-0.15, -0.1) is 5.06 Å². The maximum atomic E-state index is 13.4. The predicted molar refractivity (Wildman–Crippen MR) is 114 cm³/mol. The number of esters is 2. The average molecular weight is 435 g/mol. The zero-order valence-electron chi connectivity index (χ0n) is 17.8. The molecule has 8 nitrogen and oxygen atoms in total. The van der Waals surface area contributed by atoms with E-state index in [9.17, 15) is 14.4 Å². The third-order valence-electron chi connectivity index (χ3n) is 5.22. The number of aryl methyl sites for hydroxylation is 1. The standard InChI is InChI=1S/C24H21NO7/c1-14-9-10-18-16(11-14)21(26)17(13-31-18)20-19(23(27)29-2)22(24(28)30-3)32-25(20)12-15-7-5-4-6-8-15/h4-11,13,20H,12H2,1-3H3. The summed E-state index contributed by atoms with van der Waals surface area (Å²) in [5, 5.41) is 1.74. The highest BCUT2D eigenvalue weighted by Crippen LogP contribution is 2.39. The van der Waals surface area contributed by atoms with Crippen LogP contribution in [0.1, 0.15) is 22.7 Å². The van der Waals surface area contributed by atoms with E-state index in [4.69, 9.17) is 18.7 Å². The monoisotopic (exact) mass is 435 g/mol. The molecule has 1 atom stereocenters. The molecule has 3 aromatic rings. The van der Waals surface area contributed by atoms with Crippen molar-refractivity contribution in [2.75, 3.05) is 14.2 Å². The Balaban J connectivity index is 1.91. The second kappa shape index (κ2) is 8.68. The Morgan fingerprint density at radius 1 is 1.03 bits per heavy atom. The summed E-state index contributed by atoms with van der Waals surface area (Å²) in [4.78, 5) is 44.4. The number of hydrogen-bond acceptors (Lipinski definition) is 8. The van der Waals surface area contributed by atoms with Gasteiger partial charge in [-0.2, -0.15) is 0 Å². The molecule has 0 N–H and O–H groups in total. The van der Waals surface area contributed by atoms with Gasteiger partial charge < -0.3 is 18.7 Å². The summed E-state index contributed by atoms with van der Waals surface area (Å²) in [6.45, 7) is 2.04. The minimum Gasteiger partial charge on any atom is -0.465 e. The fourth-order valence-electron chi connectivity index (χ4n) is 3.69. The average Bonchev–Trinajstić information content (AvgIpc) is 3.18. The van der Waals surface area contributed by atoms with Crippen LogP contribution in [0.4, 0.5) is 0 Å². The van der Waals surface area contributed by atoms with Crippen LogP contribution in [-0.4, -0.2) is 31.2 Å². The van der Waals surface area contributed by atoms with E-state index in [1.54, 1.807) is 12.1 Å². The fourth-order valence-corrected chi connectivity index (χ4v) is 3.69. The van der Waals surface area contributed by atoms with E-state index in [-0.39, 0.29) is 28.9 Å². The summed E-state index contributed by atoms with van der Waals surface area (Å²) < 4.78 is 15.4. The Hall–Kier alpha value is -3.91. The Morgan fingerprint density at radius 3 is 2.44 bits per heavy atom. The van der Waals surface area contributed by atoms with Crippen LogP contribution in [-0.2, 0) is 30.4 Å². The number of hydroxylamine groups is 2. The first-order chi connectivity index (χ1) is 15.4.